The first kappa shape index (κ1) is 13.1. The molecule has 1 rings (SSSR count). The number of halogens is 1. The fourth-order valence-corrected chi connectivity index (χ4v) is 1.20. The predicted octanol–water partition coefficient (Wildman–Crippen LogP) is 2.12. The van der Waals surface area contributed by atoms with Gasteiger partial charge in [0.05, 0.1) is 4.92 Å². The Bertz CT molecular complexity index is 446. The number of amides is 1. The third-order valence-electron chi connectivity index (χ3n) is 2.08. The lowest BCUT2D eigenvalue weighted by Crippen LogP contribution is -2.27. The lowest BCUT2D eigenvalue weighted by molar-refractivity contribution is -0.387. The highest BCUT2D eigenvalue weighted by molar-refractivity contribution is 5.94. The monoisotopic (exact) mass is 240 g/mol. The molecule has 0 saturated heterocycles. The summed E-state index contributed by atoms with van der Waals surface area (Å²) in [5, 5.41) is 13.0. The molecule has 5 nitrogen and oxygen atoms in total. The van der Waals surface area contributed by atoms with Crippen molar-refractivity contribution in [1.29, 1.82) is 0 Å². The number of carbonyl (C=O) groups is 1. The summed E-state index contributed by atoms with van der Waals surface area (Å²) in [5.74, 6) is -1.17. The highest BCUT2D eigenvalue weighted by Gasteiger charge is 2.16. The maximum absolute atomic E-state index is 13.2. The Morgan fingerprint density at radius 1 is 1.53 bits per heavy atom. The molecule has 1 N–H and O–H groups in total. The van der Waals surface area contributed by atoms with E-state index in [9.17, 15) is 19.3 Å². The second-order valence-corrected chi connectivity index (χ2v) is 4.03. The minimum atomic E-state index is -1.01. The van der Waals surface area contributed by atoms with Crippen molar-refractivity contribution >= 4 is 11.6 Å². The summed E-state index contributed by atoms with van der Waals surface area (Å²) in [7, 11) is 0. The van der Waals surface area contributed by atoms with Crippen LogP contribution in [-0.2, 0) is 0 Å². The first-order chi connectivity index (χ1) is 7.91. The number of carbonyl (C=O) groups excluding carboxylic acids is 1. The topological polar surface area (TPSA) is 72.2 Å². The molecule has 0 aliphatic carbocycles. The molecule has 0 atom stereocenters. The first-order valence-electron chi connectivity index (χ1n) is 5.14. The molecular weight excluding hydrogens is 227 g/mol. The molecule has 0 fully saturated rings. The van der Waals surface area contributed by atoms with Gasteiger partial charge in [-0.2, -0.15) is 4.39 Å². The lowest BCUT2D eigenvalue weighted by atomic mass is 10.1. The molecule has 1 amide bonds. The lowest BCUT2D eigenvalue weighted by Gasteiger charge is -2.07. The fourth-order valence-electron chi connectivity index (χ4n) is 1.20. The summed E-state index contributed by atoms with van der Waals surface area (Å²) in [6.45, 7) is 4.32. The van der Waals surface area contributed by atoms with Crippen molar-refractivity contribution in [2.75, 3.05) is 6.54 Å². The van der Waals surface area contributed by atoms with Crippen LogP contribution in [0, 0.1) is 21.8 Å². The van der Waals surface area contributed by atoms with Gasteiger partial charge in [0.1, 0.15) is 0 Å². The van der Waals surface area contributed by atoms with Gasteiger partial charge < -0.3 is 5.32 Å². The van der Waals surface area contributed by atoms with Gasteiger partial charge in [0.15, 0.2) is 0 Å². The van der Waals surface area contributed by atoms with Crippen molar-refractivity contribution in [2.45, 2.75) is 13.8 Å². The van der Waals surface area contributed by atoms with E-state index in [0.29, 0.717) is 6.54 Å². The third-order valence-corrected chi connectivity index (χ3v) is 2.08. The number of hydrogen-bond donors (Lipinski definition) is 1. The minimum absolute atomic E-state index is 0.0775. The average Bonchev–Trinajstić information content (AvgIpc) is 2.25. The van der Waals surface area contributed by atoms with Gasteiger partial charge >= 0.3 is 5.69 Å². The summed E-state index contributed by atoms with van der Waals surface area (Å²) >= 11 is 0. The van der Waals surface area contributed by atoms with Crippen molar-refractivity contribution in [2.24, 2.45) is 5.92 Å². The van der Waals surface area contributed by atoms with Crippen LogP contribution in [0.1, 0.15) is 24.2 Å². The molecule has 0 aromatic heterocycles. The Labute approximate surface area is 97.8 Å². The van der Waals surface area contributed by atoms with E-state index in [0.717, 1.165) is 12.1 Å². The van der Waals surface area contributed by atoms with E-state index in [1.165, 1.54) is 6.07 Å². The largest absolute Gasteiger partial charge is 0.352 e. The van der Waals surface area contributed by atoms with Gasteiger partial charge in [-0.15, -0.1) is 0 Å². The van der Waals surface area contributed by atoms with Crippen LogP contribution in [0.4, 0.5) is 10.1 Å². The van der Waals surface area contributed by atoms with Crippen molar-refractivity contribution in [3.63, 3.8) is 0 Å². The van der Waals surface area contributed by atoms with E-state index in [1.807, 2.05) is 13.8 Å². The van der Waals surface area contributed by atoms with E-state index in [-0.39, 0.29) is 11.5 Å². The van der Waals surface area contributed by atoms with Gasteiger partial charge in [-0.3, -0.25) is 14.9 Å². The van der Waals surface area contributed by atoms with Gasteiger partial charge in [-0.05, 0) is 18.1 Å². The minimum Gasteiger partial charge on any atom is -0.352 e. The zero-order valence-electron chi connectivity index (χ0n) is 9.57. The maximum atomic E-state index is 13.2. The number of nitrogens with zero attached hydrogens (tertiary/aromatic N) is 1. The second-order valence-electron chi connectivity index (χ2n) is 4.03. The maximum Gasteiger partial charge on any atom is 0.304 e. The molecule has 92 valence electrons. The van der Waals surface area contributed by atoms with E-state index < -0.39 is 22.3 Å². The number of hydrogen-bond acceptors (Lipinski definition) is 3. The summed E-state index contributed by atoms with van der Waals surface area (Å²) in [6.07, 6.45) is 0. The van der Waals surface area contributed by atoms with Gasteiger partial charge in [0.2, 0.25) is 5.82 Å². The Balaban J connectivity index is 2.83. The van der Waals surface area contributed by atoms with Crippen LogP contribution in [0.3, 0.4) is 0 Å². The van der Waals surface area contributed by atoms with E-state index in [4.69, 9.17) is 0 Å². The van der Waals surface area contributed by atoms with E-state index in [1.54, 1.807) is 0 Å². The van der Waals surface area contributed by atoms with Crippen molar-refractivity contribution in [1.82, 2.24) is 5.32 Å². The first-order valence-corrected chi connectivity index (χ1v) is 5.14. The number of rotatable bonds is 4. The van der Waals surface area contributed by atoms with Gasteiger partial charge in [-0.1, -0.05) is 13.8 Å². The van der Waals surface area contributed by atoms with Crippen LogP contribution >= 0.6 is 0 Å². The van der Waals surface area contributed by atoms with Crippen LogP contribution in [-0.4, -0.2) is 17.4 Å². The summed E-state index contributed by atoms with van der Waals surface area (Å²) < 4.78 is 13.2. The molecule has 0 aliphatic rings. The number of nitro groups is 1. The molecule has 6 heteroatoms. The summed E-state index contributed by atoms with van der Waals surface area (Å²) in [4.78, 5) is 21.1. The highest BCUT2D eigenvalue weighted by atomic mass is 19.1. The van der Waals surface area contributed by atoms with Crippen molar-refractivity contribution in [3.05, 3.63) is 39.7 Å². The highest BCUT2D eigenvalue weighted by Crippen LogP contribution is 2.17. The van der Waals surface area contributed by atoms with Crippen LogP contribution in [0.2, 0.25) is 0 Å². The van der Waals surface area contributed by atoms with Crippen LogP contribution in [0.15, 0.2) is 18.2 Å². The zero-order valence-corrected chi connectivity index (χ0v) is 9.57. The molecule has 0 spiro atoms. The number of nitro benzene ring substituents is 1. The quantitative estimate of drug-likeness (QED) is 0.647. The van der Waals surface area contributed by atoms with E-state index in [2.05, 4.69) is 5.32 Å². The molecule has 1 aromatic rings. The normalized spacial score (nSPS) is 10.4. The number of nitrogens with one attached hydrogen (secondary N) is 1. The molecule has 0 aliphatic heterocycles. The molecule has 17 heavy (non-hydrogen) atoms. The SMILES string of the molecule is CC(C)CNC(=O)c1ccc([N+](=O)[O-])c(F)c1. The molecule has 1 aromatic carbocycles. The molecule has 0 saturated carbocycles. The third kappa shape index (κ3) is 3.51. The fraction of sp³-hybridized carbons (Fsp3) is 0.364. The van der Waals surface area contributed by atoms with Crippen LogP contribution < -0.4 is 5.32 Å². The molecule has 0 bridgehead atoms. The Kier molecular flexibility index (Phi) is 4.14. The van der Waals surface area contributed by atoms with Crippen molar-refractivity contribution < 1.29 is 14.1 Å². The summed E-state index contributed by atoms with van der Waals surface area (Å²) in [5.41, 5.74) is -0.556. The number of benzene rings is 1. The van der Waals surface area contributed by atoms with Gasteiger partial charge in [0.25, 0.3) is 5.91 Å². The summed E-state index contributed by atoms with van der Waals surface area (Å²) in [6, 6.07) is 3.09. The standard InChI is InChI=1S/C11H13FN2O3/c1-7(2)6-13-11(15)8-3-4-10(14(16)17)9(12)5-8/h3-5,7H,6H2,1-2H3,(H,13,15). The molecule has 0 heterocycles. The van der Waals surface area contributed by atoms with Gasteiger partial charge in [0, 0.05) is 18.2 Å². The van der Waals surface area contributed by atoms with Crippen LogP contribution in [0.25, 0.3) is 0 Å². The van der Waals surface area contributed by atoms with Gasteiger partial charge in [-0.25, -0.2) is 0 Å². The van der Waals surface area contributed by atoms with E-state index >= 15 is 0 Å². The molecule has 0 radical (unpaired) electrons. The Hall–Kier alpha value is -1.98. The average molecular weight is 240 g/mol. The Morgan fingerprint density at radius 2 is 2.18 bits per heavy atom. The molecular formula is C11H13FN2O3. The predicted molar refractivity (Wildman–Crippen MR) is 60.2 cm³/mol. The smallest absolute Gasteiger partial charge is 0.304 e. The Morgan fingerprint density at radius 3 is 2.65 bits per heavy atom. The van der Waals surface area contributed by atoms with Crippen LogP contribution in [0.5, 0.6) is 0 Å². The second kappa shape index (κ2) is 5.38. The molecule has 0 unspecified atom stereocenters. The van der Waals surface area contributed by atoms with Crippen molar-refractivity contribution in [3.8, 4) is 0 Å². The zero-order chi connectivity index (χ0) is 13.0.